The molecule has 4 N–H and O–H groups in total. The number of aromatic nitrogens is 2. The molecule has 0 saturated carbocycles. The van der Waals surface area contributed by atoms with Crippen LogP contribution in [-0.4, -0.2) is 37.2 Å². The molecule has 0 aliphatic carbocycles. The van der Waals surface area contributed by atoms with Gasteiger partial charge in [-0.3, -0.25) is 9.48 Å². The topological polar surface area (TPSA) is 119 Å². The van der Waals surface area contributed by atoms with Crippen molar-refractivity contribution in [2.45, 2.75) is 25.2 Å². The van der Waals surface area contributed by atoms with E-state index in [-0.39, 0.29) is 30.3 Å². The van der Waals surface area contributed by atoms with Crippen molar-refractivity contribution >= 4 is 21.6 Å². The third-order valence-electron chi connectivity index (χ3n) is 3.86. The zero-order chi connectivity index (χ0) is 18.6. The van der Waals surface area contributed by atoms with E-state index in [1.807, 2.05) is 20.9 Å². The zero-order valence-corrected chi connectivity index (χ0v) is 15.4. The number of anilines is 1. The quantitative estimate of drug-likeness (QED) is 0.658. The molecule has 0 saturated heterocycles. The van der Waals surface area contributed by atoms with Gasteiger partial charge in [0.15, 0.2) is 0 Å². The molecule has 0 fully saturated rings. The van der Waals surface area contributed by atoms with Crippen molar-refractivity contribution in [1.82, 2.24) is 14.5 Å². The lowest BCUT2D eigenvalue weighted by Crippen LogP contribution is -2.29. The predicted molar refractivity (Wildman–Crippen MR) is 95.7 cm³/mol. The number of aryl methyl sites for hydroxylation is 2. The van der Waals surface area contributed by atoms with Crippen LogP contribution in [0.4, 0.5) is 5.69 Å². The molecule has 2 aromatic rings. The van der Waals surface area contributed by atoms with Gasteiger partial charge >= 0.3 is 0 Å². The maximum Gasteiger partial charge on any atom is 0.240 e. The van der Waals surface area contributed by atoms with Gasteiger partial charge in [0.1, 0.15) is 0 Å². The van der Waals surface area contributed by atoms with Crippen LogP contribution < -0.4 is 15.8 Å². The molecule has 9 heteroatoms. The molecule has 1 aromatic carbocycles. The Labute approximate surface area is 147 Å². The van der Waals surface area contributed by atoms with Crippen LogP contribution in [0.1, 0.15) is 17.0 Å². The molecule has 1 aromatic heterocycles. The average Bonchev–Trinajstić information content (AvgIpc) is 2.79. The lowest BCUT2D eigenvalue weighted by Gasteiger charge is -2.09. The molecular weight excluding hydrogens is 342 g/mol. The molecule has 0 bridgehead atoms. The van der Waals surface area contributed by atoms with E-state index < -0.39 is 10.0 Å². The molecule has 1 heterocycles. The number of hydrogen-bond donors (Lipinski definition) is 3. The molecule has 136 valence electrons. The van der Waals surface area contributed by atoms with E-state index in [1.54, 1.807) is 16.8 Å². The van der Waals surface area contributed by atoms with Crippen LogP contribution in [0.15, 0.2) is 29.2 Å². The number of carbonyl (C=O) groups is 1. The molecule has 2 rings (SSSR count). The van der Waals surface area contributed by atoms with E-state index in [9.17, 15) is 13.2 Å². The molecule has 0 aliphatic rings. The second-order valence-corrected chi connectivity index (χ2v) is 7.48. The third kappa shape index (κ3) is 4.65. The Morgan fingerprint density at radius 1 is 1.32 bits per heavy atom. The minimum Gasteiger partial charge on any atom is -0.329 e. The number of sulfonamides is 1. The van der Waals surface area contributed by atoms with E-state index in [0.29, 0.717) is 5.69 Å². The zero-order valence-electron chi connectivity index (χ0n) is 14.5. The van der Waals surface area contributed by atoms with Crippen molar-refractivity contribution in [2.24, 2.45) is 12.8 Å². The van der Waals surface area contributed by atoms with Crippen LogP contribution in [0.25, 0.3) is 0 Å². The van der Waals surface area contributed by atoms with Crippen molar-refractivity contribution in [3.8, 4) is 0 Å². The third-order valence-corrected chi connectivity index (χ3v) is 5.32. The van der Waals surface area contributed by atoms with Crippen LogP contribution in [0.2, 0.25) is 0 Å². The lowest BCUT2D eigenvalue weighted by atomic mass is 10.1. The van der Waals surface area contributed by atoms with Gasteiger partial charge in [0.05, 0.1) is 17.0 Å². The van der Waals surface area contributed by atoms with Crippen molar-refractivity contribution in [2.75, 3.05) is 18.4 Å². The van der Waals surface area contributed by atoms with Gasteiger partial charge in [-0.15, -0.1) is 0 Å². The van der Waals surface area contributed by atoms with Crippen LogP contribution >= 0.6 is 0 Å². The van der Waals surface area contributed by atoms with Crippen molar-refractivity contribution in [1.29, 1.82) is 0 Å². The molecular formula is C16H23N5O3S. The van der Waals surface area contributed by atoms with Crippen molar-refractivity contribution in [3.63, 3.8) is 0 Å². The maximum atomic E-state index is 12.3. The highest BCUT2D eigenvalue weighted by Crippen LogP contribution is 2.17. The molecule has 8 nitrogen and oxygen atoms in total. The van der Waals surface area contributed by atoms with Crippen LogP contribution in [-0.2, 0) is 28.3 Å². The molecule has 0 aliphatic heterocycles. The highest BCUT2D eigenvalue weighted by atomic mass is 32.2. The molecule has 1 amide bonds. The first kappa shape index (κ1) is 19.1. The van der Waals surface area contributed by atoms with E-state index in [2.05, 4.69) is 15.1 Å². The van der Waals surface area contributed by atoms with Gasteiger partial charge in [-0.2, -0.15) is 5.10 Å². The monoisotopic (exact) mass is 365 g/mol. The Bertz CT molecular complexity index is 874. The number of amides is 1. The Morgan fingerprint density at radius 2 is 2.04 bits per heavy atom. The Morgan fingerprint density at radius 3 is 2.64 bits per heavy atom. The van der Waals surface area contributed by atoms with Gasteiger partial charge in [-0.05, 0) is 32.0 Å². The van der Waals surface area contributed by atoms with Crippen LogP contribution in [0, 0.1) is 13.8 Å². The molecule has 0 radical (unpaired) electrons. The van der Waals surface area contributed by atoms with E-state index in [0.717, 1.165) is 17.0 Å². The minimum atomic E-state index is -3.64. The fourth-order valence-electron chi connectivity index (χ4n) is 2.46. The predicted octanol–water partition coefficient (Wildman–Crippen LogP) is 0.455. The van der Waals surface area contributed by atoms with Crippen LogP contribution in [0.5, 0.6) is 0 Å². The summed E-state index contributed by atoms with van der Waals surface area (Å²) < 4.78 is 28.4. The van der Waals surface area contributed by atoms with Gasteiger partial charge in [0.2, 0.25) is 15.9 Å². The van der Waals surface area contributed by atoms with Crippen molar-refractivity contribution in [3.05, 3.63) is 41.2 Å². The summed E-state index contributed by atoms with van der Waals surface area (Å²) in [4.78, 5) is 12.4. The highest BCUT2D eigenvalue weighted by molar-refractivity contribution is 7.89. The number of benzene rings is 1. The molecule has 0 unspecified atom stereocenters. The maximum absolute atomic E-state index is 12.3. The van der Waals surface area contributed by atoms with E-state index >= 15 is 0 Å². The largest absolute Gasteiger partial charge is 0.329 e. The summed E-state index contributed by atoms with van der Waals surface area (Å²) in [6.45, 7) is 4.11. The summed E-state index contributed by atoms with van der Waals surface area (Å²) in [7, 11) is -1.82. The Hall–Kier alpha value is -2.23. The summed E-state index contributed by atoms with van der Waals surface area (Å²) in [5.41, 5.74) is 8.33. The minimum absolute atomic E-state index is 0.0764. The summed E-state index contributed by atoms with van der Waals surface area (Å²) in [6, 6.07) is 6.10. The summed E-state index contributed by atoms with van der Waals surface area (Å²) in [5, 5.41) is 7.01. The molecule has 25 heavy (non-hydrogen) atoms. The van der Waals surface area contributed by atoms with E-state index in [1.165, 1.54) is 12.1 Å². The van der Waals surface area contributed by atoms with Crippen molar-refractivity contribution < 1.29 is 13.2 Å². The normalized spacial score (nSPS) is 11.5. The second kappa shape index (κ2) is 7.77. The SMILES string of the molecule is Cc1nn(C)c(C)c1CC(=O)Nc1cccc(S(=O)(=O)NCCN)c1. The first-order chi connectivity index (χ1) is 11.7. The van der Waals surface area contributed by atoms with Crippen LogP contribution in [0.3, 0.4) is 0 Å². The number of nitrogens with one attached hydrogen (secondary N) is 2. The number of carbonyl (C=O) groups excluding carboxylic acids is 1. The first-order valence-electron chi connectivity index (χ1n) is 7.83. The van der Waals surface area contributed by atoms with Gasteiger partial charge in [-0.25, -0.2) is 13.1 Å². The summed E-state index contributed by atoms with van der Waals surface area (Å²) >= 11 is 0. The average molecular weight is 365 g/mol. The smallest absolute Gasteiger partial charge is 0.240 e. The lowest BCUT2D eigenvalue weighted by molar-refractivity contribution is -0.115. The fourth-order valence-corrected chi connectivity index (χ4v) is 3.55. The fraction of sp³-hybridized carbons (Fsp3) is 0.375. The second-order valence-electron chi connectivity index (χ2n) is 5.71. The summed E-state index contributed by atoms with van der Waals surface area (Å²) in [6.07, 6.45) is 0.175. The number of hydrogen-bond acceptors (Lipinski definition) is 5. The number of nitrogens with zero attached hydrogens (tertiary/aromatic N) is 2. The Balaban J connectivity index is 2.13. The number of nitrogens with two attached hydrogens (primary N) is 1. The van der Waals surface area contributed by atoms with Gasteiger partial charge < -0.3 is 11.1 Å². The van der Waals surface area contributed by atoms with Gasteiger partial charge in [0, 0.05) is 37.1 Å². The first-order valence-corrected chi connectivity index (χ1v) is 9.31. The van der Waals surface area contributed by atoms with Gasteiger partial charge in [-0.1, -0.05) is 6.07 Å². The molecule has 0 atom stereocenters. The standard InChI is InChI=1S/C16H23N5O3S/c1-11-15(12(2)21(3)20-11)10-16(22)19-13-5-4-6-14(9-13)25(23,24)18-8-7-17/h4-6,9,18H,7-8,10,17H2,1-3H3,(H,19,22). The highest BCUT2D eigenvalue weighted by Gasteiger charge is 2.16. The number of rotatable bonds is 7. The Kier molecular flexibility index (Phi) is 5.93. The summed E-state index contributed by atoms with van der Waals surface area (Å²) in [5.74, 6) is -0.233. The van der Waals surface area contributed by atoms with E-state index in [4.69, 9.17) is 5.73 Å². The van der Waals surface area contributed by atoms with Gasteiger partial charge in [0.25, 0.3) is 0 Å². The molecule has 0 spiro atoms.